The number of nitrogens with one attached hydrogen (secondary N) is 2. The highest BCUT2D eigenvalue weighted by Crippen LogP contribution is 2.34. The van der Waals surface area contributed by atoms with Gasteiger partial charge in [-0.25, -0.2) is 0 Å². The van der Waals surface area contributed by atoms with Crippen LogP contribution in [0.3, 0.4) is 0 Å². The lowest BCUT2D eigenvalue weighted by molar-refractivity contribution is 0.0626. The van der Waals surface area contributed by atoms with Crippen LogP contribution in [-0.2, 0) is 13.6 Å². The third-order valence-electron chi connectivity index (χ3n) is 5.63. The topological polar surface area (TPSA) is 44.6 Å². The molecule has 0 aromatic carbocycles. The van der Waals surface area contributed by atoms with Gasteiger partial charge in [-0.05, 0) is 24.5 Å². The summed E-state index contributed by atoms with van der Waals surface area (Å²) in [4.78, 5) is 7.20. The lowest BCUT2D eigenvalue weighted by Gasteiger charge is -2.48. The van der Waals surface area contributed by atoms with E-state index in [1.165, 1.54) is 62.3 Å². The predicted molar refractivity (Wildman–Crippen MR) is 108 cm³/mol. The fourth-order valence-electron chi connectivity index (χ4n) is 4.17. The maximum Gasteiger partial charge on any atom is 0.191 e. The summed E-state index contributed by atoms with van der Waals surface area (Å²) in [5, 5.41) is 7.10. The molecule has 1 saturated carbocycles. The molecule has 0 amide bonds. The molecule has 1 aromatic heterocycles. The van der Waals surface area contributed by atoms with Gasteiger partial charge in [-0.15, -0.1) is 0 Å². The molecule has 140 valence electrons. The first-order valence-corrected chi connectivity index (χ1v) is 10.8. The molecule has 1 aliphatic heterocycles. The highest BCUT2D eigenvalue weighted by Gasteiger charge is 2.38. The van der Waals surface area contributed by atoms with E-state index < -0.39 is 0 Å². The van der Waals surface area contributed by atoms with Crippen LogP contribution in [0.1, 0.15) is 37.7 Å². The van der Waals surface area contributed by atoms with Crippen molar-refractivity contribution in [3.05, 3.63) is 24.0 Å². The van der Waals surface area contributed by atoms with Crippen LogP contribution in [0.4, 0.5) is 0 Å². The number of aryl methyl sites for hydroxylation is 1. The van der Waals surface area contributed by atoms with Crippen molar-refractivity contribution in [3.63, 3.8) is 0 Å². The van der Waals surface area contributed by atoms with E-state index in [2.05, 4.69) is 62.4 Å². The van der Waals surface area contributed by atoms with Gasteiger partial charge in [0.15, 0.2) is 5.96 Å². The van der Waals surface area contributed by atoms with E-state index in [4.69, 9.17) is 0 Å². The molecule has 0 atom stereocenters. The molecule has 0 bridgehead atoms. The molecular formula is C19H33N5S. The largest absolute Gasteiger partial charge is 0.357 e. The highest BCUT2D eigenvalue weighted by molar-refractivity contribution is 7.99. The van der Waals surface area contributed by atoms with E-state index in [0.717, 1.165) is 19.0 Å². The molecule has 2 fully saturated rings. The number of nitrogens with zero attached hydrogens (tertiary/aromatic N) is 3. The fourth-order valence-corrected chi connectivity index (χ4v) is 5.08. The summed E-state index contributed by atoms with van der Waals surface area (Å²) in [6.45, 7) is 4.30. The average Bonchev–Trinajstić information content (AvgIpc) is 3.08. The zero-order valence-electron chi connectivity index (χ0n) is 15.8. The van der Waals surface area contributed by atoms with E-state index in [1.807, 2.05) is 7.05 Å². The second kappa shape index (κ2) is 8.99. The SMILES string of the molecule is CN=C(NCc1ccn(C)c1)NCC1(N2CCSCC2)CCCCC1. The van der Waals surface area contributed by atoms with Gasteiger partial charge in [0.1, 0.15) is 0 Å². The molecule has 2 N–H and O–H groups in total. The number of guanidine groups is 1. The van der Waals surface area contributed by atoms with E-state index in [1.54, 1.807) is 0 Å². The summed E-state index contributed by atoms with van der Waals surface area (Å²) in [6, 6.07) is 2.15. The van der Waals surface area contributed by atoms with Gasteiger partial charge in [0.25, 0.3) is 0 Å². The zero-order valence-corrected chi connectivity index (χ0v) is 16.6. The van der Waals surface area contributed by atoms with E-state index in [-0.39, 0.29) is 0 Å². The number of rotatable bonds is 5. The Morgan fingerprint density at radius 1 is 1.20 bits per heavy atom. The number of thioether (sulfide) groups is 1. The molecule has 5 nitrogen and oxygen atoms in total. The van der Waals surface area contributed by atoms with Crippen molar-refractivity contribution in [1.29, 1.82) is 0 Å². The Kier molecular flexibility index (Phi) is 6.70. The molecule has 2 aliphatic rings. The smallest absolute Gasteiger partial charge is 0.191 e. The third kappa shape index (κ3) is 4.94. The molecule has 1 aliphatic carbocycles. The summed E-state index contributed by atoms with van der Waals surface area (Å²) < 4.78 is 2.08. The molecule has 1 aromatic rings. The van der Waals surface area contributed by atoms with Crippen molar-refractivity contribution in [2.24, 2.45) is 12.0 Å². The first-order chi connectivity index (χ1) is 12.2. The first kappa shape index (κ1) is 18.6. The standard InChI is InChI=1S/C19H33N5S/c1-20-18(21-14-17-6-9-23(2)15-17)22-16-19(7-4-3-5-8-19)24-10-12-25-13-11-24/h6,9,15H,3-5,7-8,10-14,16H2,1-2H3,(H2,20,21,22). The van der Waals surface area contributed by atoms with Crippen LogP contribution in [-0.4, -0.2) is 59.2 Å². The van der Waals surface area contributed by atoms with Crippen molar-refractivity contribution in [2.45, 2.75) is 44.2 Å². The minimum Gasteiger partial charge on any atom is -0.357 e. The summed E-state index contributed by atoms with van der Waals surface area (Å²) >= 11 is 2.10. The van der Waals surface area contributed by atoms with Crippen molar-refractivity contribution in [2.75, 3.05) is 38.2 Å². The summed E-state index contributed by atoms with van der Waals surface area (Å²) in [6.07, 6.45) is 11.0. The van der Waals surface area contributed by atoms with E-state index >= 15 is 0 Å². The monoisotopic (exact) mass is 363 g/mol. The summed E-state index contributed by atoms with van der Waals surface area (Å²) in [5.74, 6) is 3.48. The maximum atomic E-state index is 4.44. The van der Waals surface area contributed by atoms with Crippen LogP contribution < -0.4 is 10.6 Å². The van der Waals surface area contributed by atoms with Gasteiger partial charge < -0.3 is 15.2 Å². The summed E-state index contributed by atoms with van der Waals surface area (Å²) in [7, 11) is 3.92. The van der Waals surface area contributed by atoms with Gasteiger partial charge in [0, 0.05) is 69.7 Å². The van der Waals surface area contributed by atoms with Gasteiger partial charge >= 0.3 is 0 Å². The van der Waals surface area contributed by atoms with E-state index in [0.29, 0.717) is 5.54 Å². The Bertz CT molecular complexity index is 556. The first-order valence-electron chi connectivity index (χ1n) is 9.60. The zero-order chi connectivity index (χ0) is 17.5. The average molecular weight is 364 g/mol. The Labute approximate surface area is 156 Å². The Hall–Kier alpha value is -1.14. The number of hydrogen-bond acceptors (Lipinski definition) is 3. The molecule has 0 radical (unpaired) electrons. The van der Waals surface area contributed by atoms with Gasteiger partial charge in [0.05, 0.1) is 0 Å². The van der Waals surface area contributed by atoms with Crippen LogP contribution in [0.5, 0.6) is 0 Å². The minimum absolute atomic E-state index is 0.323. The summed E-state index contributed by atoms with van der Waals surface area (Å²) in [5.41, 5.74) is 1.61. The number of aliphatic imine (C=N–C) groups is 1. The molecule has 25 heavy (non-hydrogen) atoms. The fraction of sp³-hybridized carbons (Fsp3) is 0.737. The van der Waals surface area contributed by atoms with E-state index in [9.17, 15) is 0 Å². The molecule has 3 rings (SSSR count). The highest BCUT2D eigenvalue weighted by atomic mass is 32.2. The van der Waals surface area contributed by atoms with Gasteiger partial charge in [-0.2, -0.15) is 11.8 Å². The van der Waals surface area contributed by atoms with Crippen LogP contribution >= 0.6 is 11.8 Å². The van der Waals surface area contributed by atoms with Crippen LogP contribution in [0.25, 0.3) is 0 Å². The Balaban J connectivity index is 1.57. The number of aromatic nitrogens is 1. The van der Waals surface area contributed by atoms with Gasteiger partial charge in [-0.1, -0.05) is 19.3 Å². The van der Waals surface area contributed by atoms with Crippen molar-refractivity contribution in [3.8, 4) is 0 Å². The minimum atomic E-state index is 0.323. The Morgan fingerprint density at radius 2 is 1.96 bits per heavy atom. The van der Waals surface area contributed by atoms with Crippen LogP contribution in [0.2, 0.25) is 0 Å². The lowest BCUT2D eigenvalue weighted by Crippen LogP contribution is -2.59. The molecule has 0 unspecified atom stereocenters. The molecule has 1 saturated heterocycles. The van der Waals surface area contributed by atoms with Crippen LogP contribution in [0.15, 0.2) is 23.5 Å². The van der Waals surface area contributed by atoms with Crippen molar-refractivity contribution < 1.29 is 0 Å². The predicted octanol–water partition coefficient (Wildman–Crippen LogP) is 2.44. The molecule has 2 heterocycles. The second-order valence-electron chi connectivity index (χ2n) is 7.35. The van der Waals surface area contributed by atoms with Crippen molar-refractivity contribution >= 4 is 17.7 Å². The second-order valence-corrected chi connectivity index (χ2v) is 8.57. The van der Waals surface area contributed by atoms with Crippen LogP contribution in [0, 0.1) is 0 Å². The normalized spacial score (nSPS) is 21.9. The van der Waals surface area contributed by atoms with Gasteiger partial charge in [-0.3, -0.25) is 9.89 Å². The molecule has 0 spiro atoms. The quantitative estimate of drug-likeness (QED) is 0.623. The van der Waals surface area contributed by atoms with Crippen molar-refractivity contribution in [1.82, 2.24) is 20.1 Å². The lowest BCUT2D eigenvalue weighted by atomic mass is 9.80. The number of hydrogen-bond donors (Lipinski definition) is 2. The third-order valence-corrected chi connectivity index (χ3v) is 6.57. The molecular weight excluding hydrogens is 330 g/mol. The Morgan fingerprint density at radius 3 is 2.60 bits per heavy atom. The van der Waals surface area contributed by atoms with Gasteiger partial charge in [0.2, 0.25) is 0 Å². The maximum absolute atomic E-state index is 4.44. The molecule has 6 heteroatoms.